The van der Waals surface area contributed by atoms with E-state index in [4.69, 9.17) is 4.42 Å². The van der Waals surface area contributed by atoms with Crippen molar-refractivity contribution in [3.05, 3.63) is 28.3 Å². The van der Waals surface area contributed by atoms with Gasteiger partial charge in [0, 0.05) is 6.92 Å². The quantitative estimate of drug-likeness (QED) is 0.817. The van der Waals surface area contributed by atoms with Crippen LogP contribution in [0.5, 0.6) is 0 Å². The molecule has 72 valence electrons. The van der Waals surface area contributed by atoms with Crippen molar-refractivity contribution in [3.8, 4) is 0 Å². The predicted octanol–water partition coefficient (Wildman–Crippen LogP) is 1.69. The Morgan fingerprint density at radius 1 is 1.57 bits per heavy atom. The minimum Gasteiger partial charge on any atom is -0.408 e. The Hall–Kier alpha value is -1.69. The van der Waals surface area contributed by atoms with Gasteiger partial charge in [0.1, 0.15) is 0 Å². The number of amides is 1. The minimum atomic E-state index is -0.233. The Kier molecular flexibility index (Phi) is 2.28. The Bertz CT molecular complexity index is 435. The fourth-order valence-electron chi connectivity index (χ4n) is 0.914. The standard InChI is InChI=1S/C8H7N3O2S/c1-5-10-11-8(13-5)9-7(12)6-3-2-4-14-6/h2-4H,1H3,(H,9,11,12). The van der Waals surface area contributed by atoms with E-state index in [0.717, 1.165) is 0 Å². The first-order chi connectivity index (χ1) is 6.75. The van der Waals surface area contributed by atoms with E-state index in [9.17, 15) is 4.79 Å². The average Bonchev–Trinajstić information content (AvgIpc) is 2.75. The summed E-state index contributed by atoms with van der Waals surface area (Å²) < 4.78 is 5.00. The van der Waals surface area contributed by atoms with Crippen molar-refractivity contribution in [2.45, 2.75) is 6.92 Å². The summed E-state index contributed by atoms with van der Waals surface area (Å²) in [5.74, 6) is 0.190. The molecule has 0 aromatic carbocycles. The number of rotatable bonds is 2. The third kappa shape index (κ3) is 1.80. The first kappa shape index (κ1) is 8.89. The third-order valence-corrected chi connectivity index (χ3v) is 2.36. The highest BCUT2D eigenvalue weighted by atomic mass is 32.1. The summed E-state index contributed by atoms with van der Waals surface area (Å²) in [6, 6.07) is 3.66. The monoisotopic (exact) mass is 209 g/mol. The highest BCUT2D eigenvalue weighted by Crippen LogP contribution is 2.11. The number of aryl methyl sites for hydroxylation is 1. The molecule has 1 amide bonds. The topological polar surface area (TPSA) is 68.0 Å². The number of nitrogens with one attached hydrogen (secondary N) is 1. The fourth-order valence-corrected chi connectivity index (χ4v) is 1.53. The molecule has 0 spiro atoms. The molecule has 0 saturated heterocycles. The Morgan fingerprint density at radius 3 is 3.00 bits per heavy atom. The molecule has 0 unspecified atom stereocenters. The first-order valence-electron chi connectivity index (χ1n) is 3.90. The molecule has 2 heterocycles. The van der Waals surface area contributed by atoms with Crippen molar-refractivity contribution >= 4 is 23.3 Å². The van der Waals surface area contributed by atoms with Crippen LogP contribution < -0.4 is 5.32 Å². The van der Waals surface area contributed by atoms with E-state index < -0.39 is 0 Å². The van der Waals surface area contributed by atoms with Crippen LogP contribution in [0.2, 0.25) is 0 Å². The number of anilines is 1. The number of hydrogen-bond acceptors (Lipinski definition) is 5. The van der Waals surface area contributed by atoms with Crippen LogP contribution in [0.4, 0.5) is 6.01 Å². The fraction of sp³-hybridized carbons (Fsp3) is 0.125. The second-order valence-corrected chi connectivity index (χ2v) is 3.51. The molecule has 0 aliphatic heterocycles. The molecule has 1 N–H and O–H groups in total. The lowest BCUT2D eigenvalue weighted by Gasteiger charge is -1.95. The lowest BCUT2D eigenvalue weighted by Crippen LogP contribution is -2.10. The maximum atomic E-state index is 11.5. The van der Waals surface area contributed by atoms with Crippen LogP contribution in [-0.4, -0.2) is 16.1 Å². The van der Waals surface area contributed by atoms with Crippen LogP contribution in [0.1, 0.15) is 15.6 Å². The molecule has 0 radical (unpaired) electrons. The molecule has 2 aromatic rings. The van der Waals surface area contributed by atoms with E-state index in [1.807, 2.05) is 5.38 Å². The lowest BCUT2D eigenvalue weighted by atomic mass is 10.4. The molecule has 2 aromatic heterocycles. The molecule has 6 heteroatoms. The maximum absolute atomic E-state index is 11.5. The molecule has 14 heavy (non-hydrogen) atoms. The molecular formula is C8H7N3O2S. The number of carbonyl (C=O) groups is 1. The molecular weight excluding hydrogens is 202 g/mol. The number of thiophene rings is 1. The Morgan fingerprint density at radius 2 is 2.43 bits per heavy atom. The van der Waals surface area contributed by atoms with Gasteiger partial charge in [-0.05, 0) is 11.4 Å². The maximum Gasteiger partial charge on any atom is 0.322 e. The molecule has 0 aliphatic rings. The molecule has 5 nitrogen and oxygen atoms in total. The molecule has 0 bridgehead atoms. The summed E-state index contributed by atoms with van der Waals surface area (Å²) >= 11 is 1.36. The van der Waals surface area contributed by atoms with Crippen LogP contribution >= 0.6 is 11.3 Å². The van der Waals surface area contributed by atoms with Crippen LogP contribution in [0.15, 0.2) is 21.9 Å². The van der Waals surface area contributed by atoms with Crippen LogP contribution in [-0.2, 0) is 0 Å². The zero-order valence-electron chi connectivity index (χ0n) is 7.35. The zero-order chi connectivity index (χ0) is 9.97. The summed E-state index contributed by atoms with van der Waals surface area (Å²) in [7, 11) is 0. The van der Waals surface area contributed by atoms with Gasteiger partial charge in [0.25, 0.3) is 5.91 Å². The first-order valence-corrected chi connectivity index (χ1v) is 4.78. The zero-order valence-corrected chi connectivity index (χ0v) is 8.17. The predicted molar refractivity (Wildman–Crippen MR) is 51.3 cm³/mol. The van der Waals surface area contributed by atoms with Gasteiger partial charge in [0.15, 0.2) is 0 Å². The second kappa shape index (κ2) is 3.59. The molecule has 2 rings (SSSR count). The van der Waals surface area contributed by atoms with Gasteiger partial charge < -0.3 is 4.42 Å². The van der Waals surface area contributed by atoms with Gasteiger partial charge in [-0.25, -0.2) is 0 Å². The van der Waals surface area contributed by atoms with Crippen molar-refractivity contribution in [1.82, 2.24) is 10.2 Å². The van der Waals surface area contributed by atoms with Crippen LogP contribution in [0, 0.1) is 6.92 Å². The van der Waals surface area contributed by atoms with Gasteiger partial charge in [0.05, 0.1) is 4.88 Å². The van der Waals surface area contributed by atoms with E-state index >= 15 is 0 Å². The largest absolute Gasteiger partial charge is 0.408 e. The highest BCUT2D eigenvalue weighted by Gasteiger charge is 2.10. The van der Waals surface area contributed by atoms with Gasteiger partial charge in [0.2, 0.25) is 5.89 Å². The summed E-state index contributed by atoms with van der Waals surface area (Å²) in [5.41, 5.74) is 0. The minimum absolute atomic E-state index is 0.126. The van der Waals surface area contributed by atoms with E-state index in [1.54, 1.807) is 19.1 Å². The van der Waals surface area contributed by atoms with E-state index in [0.29, 0.717) is 10.8 Å². The number of nitrogens with zero attached hydrogens (tertiary/aromatic N) is 2. The average molecular weight is 209 g/mol. The Labute approximate surface area is 83.8 Å². The highest BCUT2D eigenvalue weighted by molar-refractivity contribution is 7.12. The number of carbonyl (C=O) groups excluding carboxylic acids is 1. The van der Waals surface area contributed by atoms with Crippen molar-refractivity contribution in [3.63, 3.8) is 0 Å². The number of hydrogen-bond donors (Lipinski definition) is 1. The van der Waals surface area contributed by atoms with Gasteiger partial charge in [-0.3, -0.25) is 10.1 Å². The molecule has 0 fully saturated rings. The van der Waals surface area contributed by atoms with Crippen molar-refractivity contribution in [2.75, 3.05) is 5.32 Å². The number of aromatic nitrogens is 2. The molecule has 0 atom stereocenters. The summed E-state index contributed by atoms with van der Waals surface area (Å²) in [6.07, 6.45) is 0. The Balaban J connectivity index is 2.09. The molecule has 0 aliphatic carbocycles. The van der Waals surface area contributed by atoms with Crippen molar-refractivity contribution in [1.29, 1.82) is 0 Å². The van der Waals surface area contributed by atoms with Gasteiger partial charge >= 0.3 is 6.01 Å². The smallest absolute Gasteiger partial charge is 0.322 e. The molecule has 0 saturated carbocycles. The van der Waals surface area contributed by atoms with Gasteiger partial charge in [-0.1, -0.05) is 11.2 Å². The van der Waals surface area contributed by atoms with Crippen LogP contribution in [0.25, 0.3) is 0 Å². The normalized spacial score (nSPS) is 10.1. The summed E-state index contributed by atoms with van der Waals surface area (Å²) in [5, 5.41) is 11.6. The van der Waals surface area contributed by atoms with Crippen molar-refractivity contribution < 1.29 is 9.21 Å². The van der Waals surface area contributed by atoms with E-state index in [-0.39, 0.29) is 11.9 Å². The SMILES string of the molecule is Cc1nnc(NC(=O)c2cccs2)o1. The van der Waals surface area contributed by atoms with Crippen molar-refractivity contribution in [2.24, 2.45) is 0 Å². The van der Waals surface area contributed by atoms with E-state index in [2.05, 4.69) is 15.5 Å². The van der Waals surface area contributed by atoms with Gasteiger partial charge in [-0.15, -0.1) is 16.4 Å². The van der Waals surface area contributed by atoms with E-state index in [1.165, 1.54) is 11.3 Å². The second-order valence-electron chi connectivity index (χ2n) is 2.56. The third-order valence-electron chi connectivity index (χ3n) is 1.49. The lowest BCUT2D eigenvalue weighted by molar-refractivity contribution is 0.102. The summed E-state index contributed by atoms with van der Waals surface area (Å²) in [6.45, 7) is 1.66. The summed E-state index contributed by atoms with van der Waals surface area (Å²) in [4.78, 5) is 12.1. The van der Waals surface area contributed by atoms with Crippen LogP contribution in [0.3, 0.4) is 0 Å². The van der Waals surface area contributed by atoms with Gasteiger partial charge in [-0.2, -0.15) is 0 Å².